The molecule has 136 valence electrons. The van der Waals surface area contributed by atoms with E-state index in [4.69, 9.17) is 4.42 Å². The quantitative estimate of drug-likeness (QED) is 0.679. The van der Waals surface area contributed by atoms with E-state index in [0.29, 0.717) is 12.3 Å². The van der Waals surface area contributed by atoms with Crippen molar-refractivity contribution in [3.63, 3.8) is 0 Å². The van der Waals surface area contributed by atoms with Crippen LogP contribution in [-0.4, -0.2) is 35.1 Å². The molecule has 0 aliphatic rings. The van der Waals surface area contributed by atoms with Gasteiger partial charge in [-0.3, -0.25) is 9.59 Å². The van der Waals surface area contributed by atoms with Crippen molar-refractivity contribution in [1.29, 1.82) is 0 Å². The van der Waals surface area contributed by atoms with Crippen LogP contribution in [0.1, 0.15) is 70.0 Å². The standard InChI is InChI=1S/C18H30N2O4/c1-11(2)13-7-8-24-16(13)17(22)19-10-14(12(3)4)20-15(21)9-18(5,6)23/h7-8,11-12,14,23H,9-10H2,1-6H3,(H,19,22)(H,20,21). The van der Waals surface area contributed by atoms with Gasteiger partial charge in [0.2, 0.25) is 5.91 Å². The fourth-order valence-corrected chi connectivity index (χ4v) is 2.35. The minimum atomic E-state index is -1.06. The van der Waals surface area contributed by atoms with E-state index in [1.54, 1.807) is 19.9 Å². The van der Waals surface area contributed by atoms with E-state index in [0.717, 1.165) is 5.56 Å². The molecule has 0 saturated carbocycles. The van der Waals surface area contributed by atoms with Crippen LogP contribution in [0.2, 0.25) is 0 Å². The zero-order valence-corrected chi connectivity index (χ0v) is 15.5. The van der Waals surface area contributed by atoms with Crippen LogP contribution in [0.3, 0.4) is 0 Å². The second-order valence-electron chi connectivity index (χ2n) is 7.48. The molecule has 2 amide bonds. The number of rotatable bonds is 8. The maximum atomic E-state index is 12.3. The summed E-state index contributed by atoms with van der Waals surface area (Å²) in [7, 11) is 0. The Kier molecular flexibility index (Phi) is 7.02. The largest absolute Gasteiger partial charge is 0.459 e. The number of hydrogen-bond donors (Lipinski definition) is 3. The molecule has 0 spiro atoms. The highest BCUT2D eigenvalue weighted by Crippen LogP contribution is 2.20. The average Bonchev–Trinajstić information content (AvgIpc) is 2.90. The van der Waals surface area contributed by atoms with E-state index < -0.39 is 5.60 Å². The number of hydrogen-bond acceptors (Lipinski definition) is 4. The summed E-state index contributed by atoms with van der Waals surface area (Å²) in [5.41, 5.74) is -0.200. The number of amides is 2. The van der Waals surface area contributed by atoms with Gasteiger partial charge in [0.25, 0.3) is 5.91 Å². The molecule has 0 fully saturated rings. The molecule has 1 atom stereocenters. The predicted molar refractivity (Wildman–Crippen MR) is 92.8 cm³/mol. The SMILES string of the molecule is CC(C)c1ccoc1C(=O)NCC(NC(=O)CC(C)(C)O)C(C)C. The normalized spacial score (nSPS) is 13.2. The van der Waals surface area contributed by atoms with Gasteiger partial charge < -0.3 is 20.2 Å². The van der Waals surface area contributed by atoms with Crippen molar-refractivity contribution in [3.8, 4) is 0 Å². The molecule has 0 aliphatic heterocycles. The van der Waals surface area contributed by atoms with Gasteiger partial charge in [0, 0.05) is 18.2 Å². The molecule has 0 aliphatic carbocycles. The highest BCUT2D eigenvalue weighted by molar-refractivity contribution is 5.93. The number of furan rings is 1. The lowest BCUT2D eigenvalue weighted by Gasteiger charge is -2.25. The topological polar surface area (TPSA) is 91.6 Å². The highest BCUT2D eigenvalue weighted by atomic mass is 16.3. The second-order valence-corrected chi connectivity index (χ2v) is 7.48. The van der Waals surface area contributed by atoms with Crippen molar-refractivity contribution in [2.45, 2.75) is 65.5 Å². The summed E-state index contributed by atoms with van der Waals surface area (Å²) >= 11 is 0. The zero-order valence-electron chi connectivity index (χ0n) is 15.5. The lowest BCUT2D eigenvalue weighted by molar-refractivity contribution is -0.125. The van der Waals surface area contributed by atoms with Gasteiger partial charge in [-0.15, -0.1) is 0 Å². The summed E-state index contributed by atoms with van der Waals surface area (Å²) in [6.07, 6.45) is 1.52. The van der Waals surface area contributed by atoms with Gasteiger partial charge in [0.05, 0.1) is 18.3 Å². The third-order valence-corrected chi connectivity index (χ3v) is 3.75. The van der Waals surface area contributed by atoms with Gasteiger partial charge in [-0.1, -0.05) is 27.7 Å². The Morgan fingerprint density at radius 2 is 1.88 bits per heavy atom. The average molecular weight is 338 g/mol. The molecular formula is C18H30N2O4. The zero-order chi connectivity index (χ0) is 18.5. The lowest BCUT2D eigenvalue weighted by atomic mass is 10.0. The smallest absolute Gasteiger partial charge is 0.287 e. The Morgan fingerprint density at radius 1 is 1.25 bits per heavy atom. The van der Waals surface area contributed by atoms with Crippen LogP contribution < -0.4 is 10.6 Å². The molecule has 6 heteroatoms. The van der Waals surface area contributed by atoms with Crippen LogP contribution in [0.15, 0.2) is 16.7 Å². The van der Waals surface area contributed by atoms with Gasteiger partial charge in [-0.2, -0.15) is 0 Å². The van der Waals surface area contributed by atoms with Crippen LogP contribution in [0.4, 0.5) is 0 Å². The molecule has 1 heterocycles. The second kappa shape index (κ2) is 8.33. The van der Waals surface area contributed by atoms with E-state index in [1.165, 1.54) is 6.26 Å². The molecule has 0 radical (unpaired) electrons. The van der Waals surface area contributed by atoms with Crippen LogP contribution in [0.25, 0.3) is 0 Å². The number of carbonyl (C=O) groups excluding carboxylic acids is 2. The van der Waals surface area contributed by atoms with Crippen molar-refractivity contribution < 1.29 is 19.1 Å². The molecule has 0 bridgehead atoms. The van der Waals surface area contributed by atoms with E-state index >= 15 is 0 Å². The molecule has 1 aromatic rings. The van der Waals surface area contributed by atoms with Crippen LogP contribution in [0, 0.1) is 5.92 Å². The van der Waals surface area contributed by atoms with Gasteiger partial charge in [0.1, 0.15) is 0 Å². The third kappa shape index (κ3) is 6.35. The molecule has 0 aromatic carbocycles. The predicted octanol–water partition coefficient (Wildman–Crippen LogP) is 2.43. The summed E-state index contributed by atoms with van der Waals surface area (Å²) in [6, 6.07) is 1.58. The Hall–Kier alpha value is -1.82. The molecule has 0 saturated heterocycles. The maximum absolute atomic E-state index is 12.3. The van der Waals surface area contributed by atoms with E-state index in [1.807, 2.05) is 27.7 Å². The Labute approximate surface area is 144 Å². The minimum Gasteiger partial charge on any atom is -0.459 e. The monoisotopic (exact) mass is 338 g/mol. The molecule has 1 unspecified atom stereocenters. The van der Waals surface area contributed by atoms with Gasteiger partial charge >= 0.3 is 0 Å². The van der Waals surface area contributed by atoms with Gasteiger partial charge in [-0.25, -0.2) is 0 Å². The summed E-state index contributed by atoms with van der Waals surface area (Å²) in [5, 5.41) is 15.4. The van der Waals surface area contributed by atoms with E-state index in [-0.39, 0.29) is 36.1 Å². The van der Waals surface area contributed by atoms with Crippen molar-refractivity contribution in [2.75, 3.05) is 6.54 Å². The Bertz CT molecular complexity index is 556. The van der Waals surface area contributed by atoms with Gasteiger partial charge in [-0.05, 0) is 31.7 Å². The summed E-state index contributed by atoms with van der Waals surface area (Å²) in [4.78, 5) is 24.3. The highest BCUT2D eigenvalue weighted by Gasteiger charge is 2.23. The van der Waals surface area contributed by atoms with Gasteiger partial charge in [0.15, 0.2) is 5.76 Å². The van der Waals surface area contributed by atoms with E-state index in [2.05, 4.69) is 10.6 Å². The third-order valence-electron chi connectivity index (χ3n) is 3.75. The number of nitrogens with one attached hydrogen (secondary N) is 2. The molecule has 6 nitrogen and oxygen atoms in total. The summed E-state index contributed by atoms with van der Waals surface area (Å²) in [6.45, 7) is 11.4. The van der Waals surface area contributed by atoms with Crippen molar-refractivity contribution >= 4 is 11.8 Å². The van der Waals surface area contributed by atoms with Crippen molar-refractivity contribution in [1.82, 2.24) is 10.6 Å². The van der Waals surface area contributed by atoms with E-state index in [9.17, 15) is 14.7 Å². The molecule has 1 rings (SSSR count). The first-order valence-electron chi connectivity index (χ1n) is 8.38. The Balaban J connectivity index is 2.65. The molecule has 3 N–H and O–H groups in total. The first-order valence-corrected chi connectivity index (χ1v) is 8.38. The van der Waals surface area contributed by atoms with Crippen LogP contribution in [0.5, 0.6) is 0 Å². The van der Waals surface area contributed by atoms with Crippen LogP contribution in [-0.2, 0) is 4.79 Å². The fourth-order valence-electron chi connectivity index (χ4n) is 2.35. The summed E-state index contributed by atoms with van der Waals surface area (Å²) < 4.78 is 5.30. The minimum absolute atomic E-state index is 0.0137. The fraction of sp³-hybridized carbons (Fsp3) is 0.667. The number of aliphatic hydroxyl groups is 1. The maximum Gasteiger partial charge on any atom is 0.287 e. The molecule has 1 aromatic heterocycles. The molecule has 24 heavy (non-hydrogen) atoms. The summed E-state index contributed by atoms with van der Waals surface area (Å²) in [5.74, 6) is 0.117. The van der Waals surface area contributed by atoms with Crippen LogP contribution >= 0.6 is 0 Å². The van der Waals surface area contributed by atoms with Crippen molar-refractivity contribution in [2.24, 2.45) is 5.92 Å². The lowest BCUT2D eigenvalue weighted by Crippen LogP contribution is -2.48. The first kappa shape index (κ1) is 20.2. The molecular weight excluding hydrogens is 308 g/mol. The number of carbonyl (C=O) groups is 2. The Morgan fingerprint density at radius 3 is 2.38 bits per heavy atom. The van der Waals surface area contributed by atoms with Crippen molar-refractivity contribution in [3.05, 3.63) is 23.7 Å². The first-order chi connectivity index (χ1) is 11.0.